The number of hydrogen-bond donors (Lipinski definition) is 4. The van der Waals surface area contributed by atoms with Crippen LogP contribution in [0.5, 0.6) is 0 Å². The summed E-state index contributed by atoms with van der Waals surface area (Å²) in [5.41, 5.74) is 1.66. The number of rotatable bonds is 8. The minimum atomic E-state index is -3.67. The topological polar surface area (TPSA) is 142 Å². The van der Waals surface area contributed by atoms with Crippen LogP contribution in [0, 0.1) is 5.92 Å². The molecule has 214 valence electrons. The number of sulfonamides is 1. The first-order valence-corrected chi connectivity index (χ1v) is 15.4. The Balaban J connectivity index is 0.000000265. The lowest BCUT2D eigenvalue weighted by Gasteiger charge is -2.11. The number of aromatic nitrogens is 2. The number of fused-ring (bicyclic) bond motifs is 1. The van der Waals surface area contributed by atoms with Crippen molar-refractivity contribution in [3.8, 4) is 5.69 Å². The van der Waals surface area contributed by atoms with E-state index in [0.29, 0.717) is 25.9 Å². The van der Waals surface area contributed by atoms with Gasteiger partial charge in [-0.25, -0.2) is 17.8 Å². The number of carbonyl (C=O) groups is 1. The third-order valence-corrected chi connectivity index (χ3v) is 8.99. The molecule has 1 aliphatic carbocycles. The van der Waals surface area contributed by atoms with Gasteiger partial charge in [0.25, 0.3) is 15.6 Å². The van der Waals surface area contributed by atoms with Crippen molar-refractivity contribution < 1.29 is 13.2 Å². The maximum absolute atomic E-state index is 12.9. The van der Waals surface area contributed by atoms with Gasteiger partial charge in [0.2, 0.25) is 6.41 Å². The Bertz CT molecular complexity index is 1710. The van der Waals surface area contributed by atoms with E-state index in [2.05, 4.69) is 15.6 Å². The standard InChI is InChI=1S/C19H19ClN4O2.C5H4ClNO3S2.C2H6/c1-21-12-5-7-17(15(20)8-12)24-18(25)14-6-4-13(22-10-11-2-3-11)9-16(14)23-19(24)26;6-4-1-2-5(11-4)12(9,10)7-3-8;1-2/h4-9,11,21-22H,2-3,10H2,1H3,(H,23,26);1-3H,(H,7,8);1-2H3. The lowest BCUT2D eigenvalue weighted by molar-refractivity contribution is -0.108. The Labute approximate surface area is 245 Å². The van der Waals surface area contributed by atoms with Gasteiger partial charge in [0, 0.05) is 25.0 Å². The van der Waals surface area contributed by atoms with E-state index in [0.717, 1.165) is 39.7 Å². The molecule has 2 aromatic heterocycles. The molecule has 5 rings (SSSR count). The molecule has 1 fully saturated rings. The minimum absolute atomic E-state index is 0.0274. The van der Waals surface area contributed by atoms with Crippen LogP contribution >= 0.6 is 34.5 Å². The van der Waals surface area contributed by atoms with Crippen LogP contribution in [0.2, 0.25) is 9.36 Å². The number of hydrogen-bond acceptors (Lipinski definition) is 8. The van der Waals surface area contributed by atoms with Gasteiger partial charge >= 0.3 is 5.69 Å². The van der Waals surface area contributed by atoms with Crippen LogP contribution in [0.4, 0.5) is 11.4 Å². The molecule has 4 aromatic rings. The molecule has 1 aliphatic rings. The fraction of sp³-hybridized carbons (Fsp3) is 0.269. The Kier molecular flexibility index (Phi) is 10.8. The number of aromatic amines is 1. The molecule has 14 heteroatoms. The van der Waals surface area contributed by atoms with Crippen molar-refractivity contribution in [2.24, 2.45) is 5.92 Å². The normalized spacial score (nSPS) is 12.4. The average Bonchev–Trinajstić information content (AvgIpc) is 3.66. The summed E-state index contributed by atoms with van der Waals surface area (Å²) in [6.07, 6.45) is 2.63. The van der Waals surface area contributed by atoms with Gasteiger partial charge in [-0.1, -0.05) is 37.0 Å². The van der Waals surface area contributed by atoms with Crippen LogP contribution in [0.25, 0.3) is 16.6 Å². The van der Waals surface area contributed by atoms with Gasteiger partial charge in [0.05, 0.1) is 25.9 Å². The zero-order chi connectivity index (χ0) is 29.4. The van der Waals surface area contributed by atoms with Crippen LogP contribution in [-0.2, 0) is 14.8 Å². The number of thiophene rings is 1. The monoisotopic (exact) mass is 625 g/mol. The molecule has 0 saturated heterocycles. The Hall–Kier alpha value is -3.32. The van der Waals surface area contributed by atoms with Gasteiger partial charge < -0.3 is 15.6 Å². The van der Waals surface area contributed by atoms with Crippen molar-refractivity contribution in [3.63, 3.8) is 0 Å². The molecule has 40 heavy (non-hydrogen) atoms. The second kappa shape index (κ2) is 13.8. The number of amides is 1. The lowest BCUT2D eigenvalue weighted by atomic mass is 10.2. The van der Waals surface area contributed by atoms with Crippen LogP contribution in [0.3, 0.4) is 0 Å². The molecule has 2 aromatic carbocycles. The molecular formula is C26H29Cl2N5O5S2. The van der Waals surface area contributed by atoms with Gasteiger partial charge in [-0.15, -0.1) is 11.3 Å². The smallest absolute Gasteiger partial charge is 0.333 e. The highest BCUT2D eigenvalue weighted by Crippen LogP contribution is 2.29. The van der Waals surface area contributed by atoms with Crippen molar-refractivity contribution in [2.45, 2.75) is 30.9 Å². The van der Waals surface area contributed by atoms with E-state index < -0.39 is 21.3 Å². The van der Waals surface area contributed by atoms with E-state index in [1.807, 2.05) is 19.9 Å². The molecule has 0 unspecified atom stereocenters. The Morgan fingerprint density at radius 2 is 1.75 bits per heavy atom. The first-order valence-electron chi connectivity index (χ1n) is 12.3. The van der Waals surface area contributed by atoms with Crippen LogP contribution < -0.4 is 26.6 Å². The van der Waals surface area contributed by atoms with Crippen LogP contribution in [0.1, 0.15) is 26.7 Å². The molecule has 0 atom stereocenters. The number of nitrogens with one attached hydrogen (secondary N) is 4. The summed E-state index contributed by atoms with van der Waals surface area (Å²) in [4.78, 5) is 38.1. The van der Waals surface area contributed by atoms with Crippen molar-refractivity contribution >= 4 is 73.2 Å². The second-order valence-electron chi connectivity index (χ2n) is 8.37. The largest absolute Gasteiger partial charge is 0.388 e. The summed E-state index contributed by atoms with van der Waals surface area (Å²) in [6, 6.07) is 13.3. The fourth-order valence-corrected chi connectivity index (χ4v) is 6.06. The highest BCUT2D eigenvalue weighted by molar-refractivity contribution is 7.92. The van der Waals surface area contributed by atoms with Crippen molar-refractivity contribution in [3.05, 3.63) is 78.7 Å². The summed E-state index contributed by atoms with van der Waals surface area (Å²) in [6.45, 7) is 4.92. The Morgan fingerprint density at radius 3 is 2.33 bits per heavy atom. The summed E-state index contributed by atoms with van der Waals surface area (Å²) in [7, 11) is -1.90. The molecule has 10 nitrogen and oxygen atoms in total. The molecule has 0 spiro atoms. The Morgan fingerprint density at radius 1 is 1.05 bits per heavy atom. The maximum Gasteiger partial charge on any atom is 0.333 e. The summed E-state index contributed by atoms with van der Waals surface area (Å²) in [5.74, 6) is 0.737. The van der Waals surface area contributed by atoms with Gasteiger partial charge in [-0.2, -0.15) is 0 Å². The minimum Gasteiger partial charge on any atom is -0.388 e. The number of halogens is 2. The molecule has 2 heterocycles. The van der Waals surface area contributed by atoms with Gasteiger partial charge in [-0.05, 0) is 67.3 Å². The van der Waals surface area contributed by atoms with Gasteiger partial charge in [0.1, 0.15) is 4.21 Å². The predicted molar refractivity (Wildman–Crippen MR) is 163 cm³/mol. The third kappa shape index (κ3) is 7.66. The fourth-order valence-electron chi connectivity index (χ4n) is 3.54. The third-order valence-electron chi connectivity index (χ3n) is 5.68. The first-order chi connectivity index (χ1) is 19.1. The zero-order valence-corrected chi connectivity index (χ0v) is 25.1. The van der Waals surface area contributed by atoms with Gasteiger partial charge in [0.15, 0.2) is 0 Å². The maximum atomic E-state index is 12.9. The molecule has 1 amide bonds. The van der Waals surface area contributed by atoms with Crippen LogP contribution in [-0.4, -0.2) is 38.0 Å². The molecule has 0 bridgehead atoms. The van der Waals surface area contributed by atoms with E-state index in [-0.39, 0.29) is 10.6 Å². The zero-order valence-electron chi connectivity index (χ0n) is 22.0. The number of H-pyrrole nitrogens is 1. The summed E-state index contributed by atoms with van der Waals surface area (Å²) >= 11 is 12.7. The molecule has 0 aliphatic heterocycles. The summed E-state index contributed by atoms with van der Waals surface area (Å²) in [5, 5.41) is 7.08. The van der Waals surface area contributed by atoms with E-state index in [4.69, 9.17) is 23.2 Å². The van der Waals surface area contributed by atoms with E-state index in [1.165, 1.54) is 25.0 Å². The second-order valence-corrected chi connectivity index (χ2v) is 12.4. The molecular weight excluding hydrogens is 597 g/mol. The predicted octanol–water partition coefficient (Wildman–Crippen LogP) is 5.06. The first kappa shape index (κ1) is 31.2. The number of benzene rings is 2. The quantitative estimate of drug-likeness (QED) is 0.200. The number of carbonyl (C=O) groups excluding carboxylic acids is 1. The summed E-state index contributed by atoms with van der Waals surface area (Å²) < 4.78 is 25.3. The molecule has 0 radical (unpaired) electrons. The van der Waals surface area contributed by atoms with E-state index >= 15 is 0 Å². The lowest BCUT2D eigenvalue weighted by Crippen LogP contribution is -2.33. The van der Waals surface area contributed by atoms with E-state index in [9.17, 15) is 22.8 Å². The van der Waals surface area contributed by atoms with Crippen molar-refractivity contribution in [1.82, 2.24) is 14.3 Å². The van der Waals surface area contributed by atoms with Crippen molar-refractivity contribution in [2.75, 3.05) is 24.2 Å². The SMILES string of the molecule is CC.CNc1ccc(-n2c(=O)[nH]c3cc(NCC4CC4)ccc3c2=O)c(Cl)c1.O=CNS(=O)(=O)c1ccc(Cl)s1. The molecule has 4 N–H and O–H groups in total. The van der Waals surface area contributed by atoms with E-state index in [1.54, 1.807) is 42.1 Å². The molecule has 1 saturated carbocycles. The number of anilines is 2. The van der Waals surface area contributed by atoms with Gasteiger partial charge in [-0.3, -0.25) is 14.3 Å². The van der Waals surface area contributed by atoms with Crippen molar-refractivity contribution in [1.29, 1.82) is 0 Å². The highest BCUT2D eigenvalue weighted by atomic mass is 35.5. The highest BCUT2D eigenvalue weighted by Gasteiger charge is 2.21. The number of nitrogens with zero attached hydrogens (tertiary/aromatic N) is 1. The van der Waals surface area contributed by atoms with Crippen LogP contribution in [0.15, 0.2) is 62.3 Å². The average molecular weight is 627 g/mol.